The number of imide groups is 1. The van der Waals surface area contributed by atoms with Crippen LogP contribution in [0.15, 0.2) is 65.6 Å². The Morgan fingerprint density at radius 3 is 2.46 bits per heavy atom. The smallest absolute Gasteiger partial charge is 0.293 e. The molecular formula is C22H20N2O3S. The van der Waals surface area contributed by atoms with Crippen LogP contribution in [-0.2, 0) is 9.59 Å². The number of hydrogen-bond acceptors (Lipinski definition) is 4. The van der Waals surface area contributed by atoms with E-state index in [0.717, 1.165) is 23.7 Å². The molecule has 2 unspecified atom stereocenters. The van der Waals surface area contributed by atoms with Gasteiger partial charge in [0.2, 0.25) is 5.91 Å². The molecule has 1 heterocycles. The monoisotopic (exact) mass is 392 g/mol. The third-order valence-electron chi connectivity index (χ3n) is 4.96. The molecule has 0 radical (unpaired) electrons. The van der Waals surface area contributed by atoms with E-state index in [1.54, 1.807) is 6.08 Å². The van der Waals surface area contributed by atoms with Crippen LogP contribution < -0.4 is 5.32 Å². The van der Waals surface area contributed by atoms with Crippen LogP contribution in [0, 0.1) is 5.92 Å². The molecule has 2 atom stereocenters. The van der Waals surface area contributed by atoms with Crippen molar-refractivity contribution in [3.63, 3.8) is 0 Å². The first-order valence-corrected chi connectivity index (χ1v) is 10.1. The molecule has 1 aliphatic carbocycles. The first kappa shape index (κ1) is 18.5. The molecule has 2 aliphatic rings. The molecule has 4 rings (SSSR count). The lowest BCUT2D eigenvalue weighted by Gasteiger charge is -2.13. The Morgan fingerprint density at radius 2 is 1.75 bits per heavy atom. The van der Waals surface area contributed by atoms with E-state index >= 15 is 0 Å². The topological polar surface area (TPSA) is 66.5 Å². The summed E-state index contributed by atoms with van der Waals surface area (Å²) in [6.45, 7) is 0.457. The number of benzene rings is 2. The van der Waals surface area contributed by atoms with Crippen molar-refractivity contribution >= 4 is 34.9 Å². The fourth-order valence-electron chi connectivity index (χ4n) is 3.37. The van der Waals surface area contributed by atoms with E-state index in [2.05, 4.69) is 5.32 Å². The van der Waals surface area contributed by atoms with Gasteiger partial charge in [0, 0.05) is 19.0 Å². The Morgan fingerprint density at radius 1 is 1.07 bits per heavy atom. The Labute approximate surface area is 167 Å². The van der Waals surface area contributed by atoms with E-state index in [1.165, 1.54) is 10.5 Å². The molecular weight excluding hydrogens is 372 g/mol. The largest absolute Gasteiger partial charge is 0.354 e. The molecule has 3 amide bonds. The van der Waals surface area contributed by atoms with E-state index in [-0.39, 0.29) is 42.0 Å². The highest BCUT2D eigenvalue weighted by molar-refractivity contribution is 8.18. The number of carbonyl (C=O) groups excluding carboxylic acids is 3. The molecule has 142 valence electrons. The van der Waals surface area contributed by atoms with Crippen molar-refractivity contribution in [2.24, 2.45) is 5.92 Å². The molecule has 1 saturated heterocycles. The molecule has 1 aliphatic heterocycles. The third kappa shape index (κ3) is 4.02. The van der Waals surface area contributed by atoms with Crippen molar-refractivity contribution < 1.29 is 14.4 Å². The minimum absolute atomic E-state index is 0.0133. The molecule has 2 fully saturated rings. The molecule has 2 aromatic carbocycles. The number of rotatable bonds is 6. The van der Waals surface area contributed by atoms with Crippen LogP contribution in [0.2, 0.25) is 0 Å². The molecule has 5 nitrogen and oxygen atoms in total. The molecule has 28 heavy (non-hydrogen) atoms. The van der Waals surface area contributed by atoms with E-state index in [1.807, 2.05) is 60.7 Å². The molecule has 0 bridgehead atoms. The maximum absolute atomic E-state index is 12.5. The second-order valence-electron chi connectivity index (χ2n) is 6.89. The first-order chi connectivity index (χ1) is 13.6. The Bertz CT molecular complexity index is 927. The summed E-state index contributed by atoms with van der Waals surface area (Å²) in [6.07, 6.45) is 2.56. The summed E-state index contributed by atoms with van der Waals surface area (Å²) in [5, 5.41) is 2.57. The fourth-order valence-corrected chi connectivity index (χ4v) is 4.23. The van der Waals surface area contributed by atoms with Gasteiger partial charge < -0.3 is 5.32 Å². The van der Waals surface area contributed by atoms with Gasteiger partial charge in [0.25, 0.3) is 11.1 Å². The van der Waals surface area contributed by atoms with Gasteiger partial charge in [-0.25, -0.2) is 0 Å². The van der Waals surface area contributed by atoms with Crippen LogP contribution >= 0.6 is 11.8 Å². The SMILES string of the molecule is O=C(NCCN1C(=O)S/C(=C/c2ccccc2)C1=O)C1CC1c1ccccc1. The Balaban J connectivity index is 1.28. The number of carbonyl (C=O) groups is 3. The van der Waals surface area contributed by atoms with Crippen LogP contribution in [0.5, 0.6) is 0 Å². The lowest BCUT2D eigenvalue weighted by molar-refractivity contribution is -0.124. The molecule has 1 saturated carbocycles. The van der Waals surface area contributed by atoms with E-state index in [4.69, 9.17) is 0 Å². The first-order valence-electron chi connectivity index (χ1n) is 9.26. The normalized spacial score (nSPS) is 22.6. The minimum Gasteiger partial charge on any atom is -0.354 e. The van der Waals surface area contributed by atoms with Crippen LogP contribution in [0.4, 0.5) is 4.79 Å². The quantitative estimate of drug-likeness (QED) is 0.762. The van der Waals surface area contributed by atoms with E-state index < -0.39 is 0 Å². The van der Waals surface area contributed by atoms with Crippen molar-refractivity contribution in [3.05, 3.63) is 76.7 Å². The van der Waals surface area contributed by atoms with Gasteiger partial charge in [-0.2, -0.15) is 0 Å². The fraction of sp³-hybridized carbons (Fsp3) is 0.227. The molecule has 0 spiro atoms. The molecule has 0 aromatic heterocycles. The number of hydrogen-bond donors (Lipinski definition) is 1. The summed E-state index contributed by atoms with van der Waals surface area (Å²) in [4.78, 5) is 38.6. The summed E-state index contributed by atoms with van der Waals surface area (Å²) < 4.78 is 0. The predicted molar refractivity (Wildman–Crippen MR) is 109 cm³/mol. The molecule has 1 N–H and O–H groups in total. The number of amides is 3. The van der Waals surface area contributed by atoms with Gasteiger partial charge in [-0.1, -0.05) is 60.7 Å². The molecule has 2 aromatic rings. The van der Waals surface area contributed by atoms with Crippen molar-refractivity contribution in [1.82, 2.24) is 10.2 Å². The zero-order valence-corrected chi connectivity index (χ0v) is 16.0. The van der Waals surface area contributed by atoms with Crippen molar-refractivity contribution in [3.8, 4) is 0 Å². The lowest BCUT2D eigenvalue weighted by Crippen LogP contribution is -2.37. The van der Waals surface area contributed by atoms with Gasteiger partial charge in [-0.15, -0.1) is 0 Å². The van der Waals surface area contributed by atoms with E-state index in [9.17, 15) is 14.4 Å². The van der Waals surface area contributed by atoms with E-state index in [0.29, 0.717) is 4.91 Å². The van der Waals surface area contributed by atoms with Crippen molar-refractivity contribution in [2.75, 3.05) is 13.1 Å². The maximum atomic E-state index is 12.5. The second kappa shape index (κ2) is 8.02. The number of thioether (sulfide) groups is 1. The summed E-state index contributed by atoms with van der Waals surface area (Å²) in [6, 6.07) is 19.4. The van der Waals surface area contributed by atoms with Crippen molar-refractivity contribution in [2.45, 2.75) is 12.3 Å². The Kier molecular flexibility index (Phi) is 5.30. The number of nitrogens with one attached hydrogen (secondary N) is 1. The van der Waals surface area contributed by atoms with Gasteiger partial charge in [0.1, 0.15) is 0 Å². The highest BCUT2D eigenvalue weighted by Crippen LogP contribution is 2.47. The second-order valence-corrected chi connectivity index (χ2v) is 7.89. The highest BCUT2D eigenvalue weighted by Gasteiger charge is 2.43. The summed E-state index contributed by atoms with van der Waals surface area (Å²) >= 11 is 0.938. The number of nitrogens with zero attached hydrogens (tertiary/aromatic N) is 1. The Hall–Kier alpha value is -2.86. The van der Waals surface area contributed by atoms with Crippen molar-refractivity contribution in [1.29, 1.82) is 0 Å². The maximum Gasteiger partial charge on any atom is 0.293 e. The van der Waals surface area contributed by atoms with Crippen LogP contribution in [0.1, 0.15) is 23.5 Å². The molecule has 6 heteroatoms. The van der Waals surface area contributed by atoms with Crippen LogP contribution in [0.25, 0.3) is 6.08 Å². The standard InChI is InChI=1S/C22H20N2O3S/c25-20(18-14-17(18)16-9-5-2-6-10-16)23-11-12-24-21(26)19(28-22(24)27)13-15-7-3-1-4-8-15/h1-10,13,17-18H,11-12,14H2,(H,23,25)/b19-13+. The summed E-state index contributed by atoms with van der Waals surface area (Å²) in [5.74, 6) is -0.0650. The van der Waals surface area contributed by atoms with Gasteiger partial charge in [-0.05, 0) is 41.3 Å². The van der Waals surface area contributed by atoms with Crippen LogP contribution in [0.3, 0.4) is 0 Å². The zero-order chi connectivity index (χ0) is 19.5. The van der Waals surface area contributed by atoms with Gasteiger partial charge in [-0.3, -0.25) is 19.3 Å². The summed E-state index contributed by atoms with van der Waals surface area (Å²) in [5.41, 5.74) is 2.06. The van der Waals surface area contributed by atoms with Gasteiger partial charge in [0.05, 0.1) is 4.91 Å². The third-order valence-corrected chi connectivity index (χ3v) is 5.87. The van der Waals surface area contributed by atoms with Gasteiger partial charge >= 0.3 is 0 Å². The minimum atomic E-state index is -0.304. The highest BCUT2D eigenvalue weighted by atomic mass is 32.2. The van der Waals surface area contributed by atoms with Crippen LogP contribution in [-0.4, -0.2) is 35.0 Å². The average Bonchev–Trinajstić information content (AvgIpc) is 3.48. The van der Waals surface area contributed by atoms with Gasteiger partial charge in [0.15, 0.2) is 0 Å². The predicted octanol–water partition coefficient (Wildman–Crippen LogP) is 3.64. The zero-order valence-electron chi connectivity index (χ0n) is 15.2. The summed E-state index contributed by atoms with van der Waals surface area (Å²) in [7, 11) is 0. The average molecular weight is 392 g/mol. The lowest BCUT2D eigenvalue weighted by atomic mass is 10.1.